The number of fused-ring (bicyclic) bond motifs is 3. The van der Waals surface area contributed by atoms with Crippen LogP contribution in [0.5, 0.6) is 0 Å². The number of hydrogen-bond acceptors (Lipinski definition) is 4. The molecule has 0 saturated heterocycles. The second kappa shape index (κ2) is 5.69. The number of nitrogens with one attached hydrogen (secondary N) is 1. The van der Waals surface area contributed by atoms with E-state index in [9.17, 15) is 4.79 Å². The second-order valence-corrected chi connectivity index (χ2v) is 8.24. The van der Waals surface area contributed by atoms with Crippen molar-refractivity contribution in [2.24, 2.45) is 0 Å². The Labute approximate surface area is 135 Å². The number of rotatable bonds is 3. The maximum atomic E-state index is 13.0. The van der Waals surface area contributed by atoms with Crippen LogP contribution in [0.3, 0.4) is 0 Å². The summed E-state index contributed by atoms with van der Waals surface area (Å²) in [5, 5.41) is 4.29. The molecule has 0 unspecified atom stereocenters. The number of aromatic nitrogens is 2. The Morgan fingerprint density at radius 2 is 2.00 bits per heavy atom. The molecule has 0 saturated carbocycles. The van der Waals surface area contributed by atoms with Crippen molar-refractivity contribution in [1.82, 2.24) is 9.55 Å². The molecule has 4 nitrogen and oxygen atoms in total. The van der Waals surface area contributed by atoms with Gasteiger partial charge in [0.05, 0.1) is 5.39 Å². The van der Waals surface area contributed by atoms with Gasteiger partial charge in [-0.05, 0) is 58.4 Å². The van der Waals surface area contributed by atoms with Gasteiger partial charge >= 0.3 is 0 Å². The van der Waals surface area contributed by atoms with Crippen molar-refractivity contribution in [2.75, 3.05) is 5.32 Å². The van der Waals surface area contributed by atoms with E-state index in [0.29, 0.717) is 12.5 Å². The van der Waals surface area contributed by atoms with E-state index in [1.165, 1.54) is 23.3 Å². The Kier molecular flexibility index (Phi) is 4.02. The first-order valence-electron chi connectivity index (χ1n) is 8.24. The monoisotopic (exact) mass is 319 g/mol. The highest BCUT2D eigenvalue weighted by Crippen LogP contribution is 2.34. The van der Waals surface area contributed by atoms with Crippen LogP contribution < -0.4 is 10.9 Å². The highest BCUT2D eigenvalue weighted by Gasteiger charge is 2.23. The first kappa shape index (κ1) is 15.5. The van der Waals surface area contributed by atoms with Gasteiger partial charge in [-0.2, -0.15) is 0 Å². The summed E-state index contributed by atoms with van der Waals surface area (Å²) in [6, 6.07) is 0. The summed E-state index contributed by atoms with van der Waals surface area (Å²) >= 11 is 1.72. The van der Waals surface area contributed by atoms with Crippen LogP contribution >= 0.6 is 11.3 Å². The van der Waals surface area contributed by atoms with Crippen LogP contribution in [0.4, 0.5) is 5.95 Å². The van der Waals surface area contributed by atoms with Gasteiger partial charge in [-0.3, -0.25) is 9.36 Å². The average Bonchev–Trinajstić information content (AvgIpc) is 2.79. The molecule has 5 heteroatoms. The molecule has 0 atom stereocenters. The Balaban J connectivity index is 2.23. The Hall–Kier alpha value is -1.36. The summed E-state index contributed by atoms with van der Waals surface area (Å²) in [5.74, 6) is 0.713. The van der Waals surface area contributed by atoms with E-state index in [2.05, 4.69) is 33.0 Å². The lowest BCUT2D eigenvalue weighted by Crippen LogP contribution is -2.33. The molecule has 1 aliphatic rings. The van der Waals surface area contributed by atoms with Crippen molar-refractivity contribution < 1.29 is 0 Å². The highest BCUT2D eigenvalue weighted by molar-refractivity contribution is 7.18. The van der Waals surface area contributed by atoms with E-state index >= 15 is 0 Å². The second-order valence-electron chi connectivity index (χ2n) is 7.16. The van der Waals surface area contributed by atoms with Crippen LogP contribution in [0.2, 0.25) is 0 Å². The summed E-state index contributed by atoms with van der Waals surface area (Å²) < 4.78 is 1.83. The molecule has 0 aromatic carbocycles. The van der Waals surface area contributed by atoms with Crippen LogP contribution in [0.15, 0.2) is 4.79 Å². The van der Waals surface area contributed by atoms with Gasteiger partial charge in [-0.15, -0.1) is 11.3 Å². The predicted octanol–water partition coefficient (Wildman–Crippen LogP) is 3.96. The topological polar surface area (TPSA) is 46.9 Å². The highest BCUT2D eigenvalue weighted by atomic mass is 32.1. The van der Waals surface area contributed by atoms with Gasteiger partial charge in [-0.25, -0.2) is 4.98 Å². The fourth-order valence-corrected chi connectivity index (χ4v) is 4.35. The molecule has 0 aliphatic heterocycles. The standard InChI is InChI=1S/C17H25N3OS/c1-5-10-20-15(21)13-11-8-6-7-9-12(11)22-14(13)18-16(20)19-17(2,3)4/h5-10H2,1-4H3,(H,18,19). The molecule has 0 bridgehead atoms. The van der Waals surface area contributed by atoms with Crippen molar-refractivity contribution in [3.8, 4) is 0 Å². The molecule has 2 aromatic rings. The SMILES string of the molecule is CCCn1c(NC(C)(C)C)nc2sc3c(c2c1=O)CCCC3. The first-order chi connectivity index (χ1) is 10.4. The Morgan fingerprint density at radius 3 is 2.68 bits per heavy atom. The summed E-state index contributed by atoms with van der Waals surface area (Å²) in [7, 11) is 0. The van der Waals surface area contributed by atoms with Gasteiger partial charge in [0.15, 0.2) is 0 Å². The lowest BCUT2D eigenvalue weighted by molar-refractivity contribution is 0.591. The predicted molar refractivity (Wildman–Crippen MR) is 94.2 cm³/mol. The fraction of sp³-hybridized carbons (Fsp3) is 0.647. The molecule has 22 heavy (non-hydrogen) atoms. The smallest absolute Gasteiger partial charge is 0.263 e. The first-order valence-corrected chi connectivity index (χ1v) is 9.05. The van der Waals surface area contributed by atoms with Crippen molar-refractivity contribution in [2.45, 2.75) is 71.9 Å². The maximum Gasteiger partial charge on any atom is 0.263 e. The minimum atomic E-state index is -0.112. The van der Waals surface area contributed by atoms with E-state index in [4.69, 9.17) is 4.98 Å². The van der Waals surface area contributed by atoms with Crippen LogP contribution in [0.1, 0.15) is 57.4 Å². The van der Waals surface area contributed by atoms with Crippen molar-refractivity contribution in [3.63, 3.8) is 0 Å². The zero-order valence-corrected chi connectivity index (χ0v) is 14.8. The molecule has 0 radical (unpaired) electrons. The minimum Gasteiger partial charge on any atom is -0.351 e. The third kappa shape index (κ3) is 2.78. The van der Waals surface area contributed by atoms with Crippen LogP contribution in [-0.2, 0) is 19.4 Å². The van der Waals surface area contributed by atoms with Gasteiger partial charge in [-0.1, -0.05) is 6.92 Å². The molecular formula is C17H25N3OS. The molecule has 1 aliphatic carbocycles. The molecule has 120 valence electrons. The fourth-order valence-electron chi connectivity index (χ4n) is 3.10. The molecule has 0 fully saturated rings. The van der Waals surface area contributed by atoms with E-state index in [0.717, 1.165) is 29.5 Å². The zero-order chi connectivity index (χ0) is 15.9. The lowest BCUT2D eigenvalue weighted by atomic mass is 9.97. The molecular weight excluding hydrogens is 294 g/mol. The Morgan fingerprint density at radius 1 is 1.27 bits per heavy atom. The van der Waals surface area contributed by atoms with Crippen molar-refractivity contribution >= 4 is 27.5 Å². The quantitative estimate of drug-likeness (QED) is 0.931. The molecule has 0 amide bonds. The van der Waals surface area contributed by atoms with Gasteiger partial charge in [0.2, 0.25) is 5.95 Å². The molecule has 0 spiro atoms. The molecule has 3 rings (SSSR count). The van der Waals surface area contributed by atoms with Gasteiger partial charge in [0, 0.05) is 17.0 Å². The van der Waals surface area contributed by atoms with Gasteiger partial charge in [0.25, 0.3) is 5.56 Å². The summed E-state index contributed by atoms with van der Waals surface area (Å²) in [6.45, 7) is 9.10. The lowest BCUT2D eigenvalue weighted by Gasteiger charge is -2.23. The maximum absolute atomic E-state index is 13.0. The number of aryl methyl sites for hydroxylation is 2. The molecule has 2 aromatic heterocycles. The van der Waals surface area contributed by atoms with Crippen LogP contribution in [0.25, 0.3) is 10.2 Å². The largest absolute Gasteiger partial charge is 0.351 e. The summed E-state index contributed by atoms with van der Waals surface area (Å²) in [4.78, 5) is 20.2. The summed E-state index contributed by atoms with van der Waals surface area (Å²) in [6.07, 6.45) is 5.48. The van der Waals surface area contributed by atoms with E-state index in [1.54, 1.807) is 11.3 Å². The van der Waals surface area contributed by atoms with Crippen LogP contribution in [0, 0.1) is 0 Å². The number of thiophene rings is 1. The molecule has 2 heterocycles. The zero-order valence-electron chi connectivity index (χ0n) is 14.0. The third-order valence-electron chi connectivity index (χ3n) is 4.01. The molecule has 1 N–H and O–H groups in total. The Bertz CT molecular complexity index is 752. The average molecular weight is 319 g/mol. The number of nitrogens with zero attached hydrogens (tertiary/aromatic N) is 2. The van der Waals surface area contributed by atoms with E-state index in [1.807, 2.05) is 4.57 Å². The minimum absolute atomic E-state index is 0.112. The number of anilines is 1. The summed E-state index contributed by atoms with van der Waals surface area (Å²) in [5.41, 5.74) is 1.30. The van der Waals surface area contributed by atoms with E-state index < -0.39 is 0 Å². The normalized spacial score (nSPS) is 15.1. The van der Waals surface area contributed by atoms with Crippen molar-refractivity contribution in [3.05, 3.63) is 20.8 Å². The van der Waals surface area contributed by atoms with Gasteiger partial charge < -0.3 is 5.32 Å². The number of hydrogen-bond donors (Lipinski definition) is 1. The van der Waals surface area contributed by atoms with E-state index in [-0.39, 0.29) is 11.1 Å². The van der Waals surface area contributed by atoms with Gasteiger partial charge in [0.1, 0.15) is 4.83 Å². The third-order valence-corrected chi connectivity index (χ3v) is 5.19. The van der Waals surface area contributed by atoms with Crippen molar-refractivity contribution in [1.29, 1.82) is 0 Å². The van der Waals surface area contributed by atoms with Crippen LogP contribution in [-0.4, -0.2) is 15.1 Å².